The lowest BCUT2D eigenvalue weighted by atomic mass is 9.74. The van der Waals surface area contributed by atoms with E-state index in [1.165, 1.54) is 64.2 Å². The molecule has 0 saturated heterocycles. The van der Waals surface area contributed by atoms with Crippen LogP contribution in [-0.4, -0.2) is 16.4 Å². The molecule has 3 heteroatoms. The molecule has 0 fully saturated rings. The Morgan fingerprint density at radius 3 is 1.44 bits per heavy atom. The lowest BCUT2D eigenvalue weighted by Gasteiger charge is -2.30. The molecular formula is C22H43BrO2. The maximum atomic E-state index is 12.1. The first-order valence-corrected chi connectivity index (χ1v) is 12.0. The van der Waals surface area contributed by atoms with Crippen molar-refractivity contribution < 1.29 is 9.90 Å². The largest absolute Gasteiger partial charge is 0.481 e. The molecule has 0 radical (unpaired) electrons. The Morgan fingerprint density at radius 1 is 0.680 bits per heavy atom. The molecule has 1 unspecified atom stereocenters. The van der Waals surface area contributed by atoms with Crippen molar-refractivity contribution in [2.45, 2.75) is 123 Å². The van der Waals surface area contributed by atoms with Gasteiger partial charge in [-0.2, -0.15) is 0 Å². The van der Waals surface area contributed by atoms with Crippen LogP contribution in [0.2, 0.25) is 0 Å². The summed E-state index contributed by atoms with van der Waals surface area (Å²) in [6, 6.07) is 0. The highest BCUT2D eigenvalue weighted by molar-refractivity contribution is 9.09. The van der Waals surface area contributed by atoms with E-state index in [1.807, 2.05) is 0 Å². The molecule has 150 valence electrons. The minimum atomic E-state index is -0.540. The van der Waals surface area contributed by atoms with Crippen LogP contribution < -0.4 is 0 Å². The first-order valence-electron chi connectivity index (χ1n) is 10.9. The molecule has 0 bridgehead atoms. The second-order valence-corrected chi connectivity index (χ2v) is 8.56. The van der Waals surface area contributed by atoms with Crippen LogP contribution >= 0.6 is 15.9 Å². The number of carboxylic acid groups (broad SMARTS) is 1. The van der Waals surface area contributed by atoms with Crippen molar-refractivity contribution in [1.82, 2.24) is 0 Å². The van der Waals surface area contributed by atoms with Crippen LogP contribution in [0, 0.1) is 5.41 Å². The fourth-order valence-corrected chi connectivity index (χ4v) is 4.14. The monoisotopic (exact) mass is 418 g/mol. The minimum Gasteiger partial charge on any atom is -0.481 e. The third kappa shape index (κ3) is 12.9. The lowest BCUT2D eigenvalue weighted by Crippen LogP contribution is -2.31. The fourth-order valence-electron chi connectivity index (χ4n) is 3.74. The number of halogens is 1. The smallest absolute Gasteiger partial charge is 0.309 e. The van der Waals surface area contributed by atoms with Crippen molar-refractivity contribution in [2.24, 2.45) is 5.41 Å². The molecule has 25 heavy (non-hydrogen) atoms. The van der Waals surface area contributed by atoms with E-state index < -0.39 is 11.4 Å². The molecule has 0 aliphatic heterocycles. The van der Waals surface area contributed by atoms with Gasteiger partial charge in [0.1, 0.15) is 0 Å². The molecular weight excluding hydrogens is 376 g/mol. The van der Waals surface area contributed by atoms with E-state index in [0.29, 0.717) is 0 Å². The Balaban J connectivity index is 4.31. The molecule has 0 rings (SSSR count). The highest BCUT2D eigenvalue weighted by atomic mass is 79.9. The number of hydrogen-bond donors (Lipinski definition) is 1. The van der Waals surface area contributed by atoms with Crippen molar-refractivity contribution in [2.75, 3.05) is 5.33 Å². The van der Waals surface area contributed by atoms with Gasteiger partial charge in [-0.05, 0) is 25.7 Å². The van der Waals surface area contributed by atoms with Crippen LogP contribution in [0.3, 0.4) is 0 Å². The zero-order valence-corrected chi connectivity index (χ0v) is 18.5. The molecule has 0 spiro atoms. The minimum absolute atomic E-state index is 0.460. The SMILES string of the molecule is CCCCCCCCCCC(CCCCBr)(CCCCCC)C(=O)O. The Kier molecular flexibility index (Phi) is 17.3. The van der Waals surface area contributed by atoms with Gasteiger partial charge < -0.3 is 5.11 Å². The van der Waals surface area contributed by atoms with Gasteiger partial charge in [-0.15, -0.1) is 0 Å². The molecule has 0 aromatic rings. The summed E-state index contributed by atoms with van der Waals surface area (Å²) >= 11 is 3.48. The number of hydrogen-bond acceptors (Lipinski definition) is 1. The summed E-state index contributed by atoms with van der Waals surface area (Å²) in [5.74, 6) is -0.540. The van der Waals surface area contributed by atoms with Gasteiger partial charge in [0.2, 0.25) is 0 Å². The molecule has 2 nitrogen and oxygen atoms in total. The Labute approximate surface area is 165 Å². The van der Waals surface area contributed by atoms with Crippen LogP contribution in [0.1, 0.15) is 123 Å². The van der Waals surface area contributed by atoms with Gasteiger partial charge in [-0.3, -0.25) is 4.79 Å². The second-order valence-electron chi connectivity index (χ2n) is 7.77. The Bertz CT molecular complexity index is 306. The van der Waals surface area contributed by atoms with Crippen LogP contribution in [0.4, 0.5) is 0 Å². The van der Waals surface area contributed by atoms with E-state index in [0.717, 1.165) is 50.3 Å². The zero-order valence-electron chi connectivity index (χ0n) is 17.0. The van der Waals surface area contributed by atoms with E-state index in [-0.39, 0.29) is 0 Å². The molecule has 0 heterocycles. The number of carboxylic acids is 1. The zero-order chi connectivity index (χ0) is 18.8. The highest BCUT2D eigenvalue weighted by Crippen LogP contribution is 2.37. The Morgan fingerprint density at radius 2 is 1.04 bits per heavy atom. The quantitative estimate of drug-likeness (QED) is 0.169. The molecule has 0 aromatic heterocycles. The first kappa shape index (κ1) is 24.9. The average molecular weight is 419 g/mol. The van der Waals surface area contributed by atoms with Gasteiger partial charge in [0.05, 0.1) is 5.41 Å². The number of unbranched alkanes of at least 4 members (excludes halogenated alkanes) is 11. The van der Waals surface area contributed by atoms with E-state index in [4.69, 9.17) is 0 Å². The van der Waals surface area contributed by atoms with Gasteiger partial charge in [0.25, 0.3) is 0 Å². The third-order valence-corrected chi connectivity index (χ3v) is 6.07. The van der Waals surface area contributed by atoms with Crippen LogP contribution in [0.15, 0.2) is 0 Å². The van der Waals surface area contributed by atoms with E-state index in [9.17, 15) is 9.90 Å². The first-order chi connectivity index (χ1) is 12.1. The lowest BCUT2D eigenvalue weighted by molar-refractivity contribution is -0.150. The summed E-state index contributed by atoms with van der Waals surface area (Å²) in [6.07, 6.45) is 19.7. The van der Waals surface area contributed by atoms with Crippen LogP contribution in [-0.2, 0) is 4.79 Å². The van der Waals surface area contributed by atoms with Crippen LogP contribution in [0.25, 0.3) is 0 Å². The Hall–Kier alpha value is -0.0500. The molecule has 0 saturated carbocycles. The van der Waals surface area contributed by atoms with Crippen molar-refractivity contribution in [3.8, 4) is 0 Å². The van der Waals surface area contributed by atoms with Gasteiger partial charge in [0.15, 0.2) is 0 Å². The van der Waals surface area contributed by atoms with Crippen molar-refractivity contribution >= 4 is 21.9 Å². The van der Waals surface area contributed by atoms with Gasteiger partial charge >= 0.3 is 5.97 Å². The summed E-state index contributed by atoms with van der Waals surface area (Å²) in [6.45, 7) is 4.46. The maximum Gasteiger partial charge on any atom is 0.309 e. The van der Waals surface area contributed by atoms with Gasteiger partial charge in [-0.1, -0.05) is 113 Å². The summed E-state index contributed by atoms with van der Waals surface area (Å²) in [7, 11) is 0. The second kappa shape index (κ2) is 17.4. The summed E-state index contributed by atoms with van der Waals surface area (Å²) in [5.41, 5.74) is -0.460. The van der Waals surface area contributed by atoms with Gasteiger partial charge in [-0.25, -0.2) is 0 Å². The van der Waals surface area contributed by atoms with E-state index in [2.05, 4.69) is 29.8 Å². The summed E-state index contributed by atoms with van der Waals surface area (Å²) in [5, 5.41) is 11.0. The van der Waals surface area contributed by atoms with E-state index in [1.54, 1.807) is 0 Å². The maximum absolute atomic E-state index is 12.1. The van der Waals surface area contributed by atoms with Crippen molar-refractivity contribution in [1.29, 1.82) is 0 Å². The molecule has 0 aromatic carbocycles. The predicted octanol–water partition coefficient (Wildman–Crippen LogP) is 8.12. The van der Waals surface area contributed by atoms with Crippen LogP contribution in [0.5, 0.6) is 0 Å². The molecule has 1 atom stereocenters. The number of alkyl halides is 1. The molecule has 0 aliphatic carbocycles. The predicted molar refractivity (Wildman–Crippen MR) is 114 cm³/mol. The summed E-state index contributed by atoms with van der Waals surface area (Å²) in [4.78, 5) is 12.1. The van der Waals surface area contributed by atoms with E-state index >= 15 is 0 Å². The third-order valence-electron chi connectivity index (χ3n) is 5.51. The molecule has 0 amide bonds. The standard InChI is InChI=1S/C22H43BrO2/c1-3-5-7-9-10-11-12-14-18-22(21(24)25,19-15-16-20-23)17-13-8-6-4-2/h3-20H2,1-2H3,(H,24,25). The average Bonchev–Trinajstić information content (AvgIpc) is 2.60. The summed E-state index contributed by atoms with van der Waals surface area (Å²) < 4.78 is 0. The van der Waals surface area contributed by atoms with Gasteiger partial charge in [0, 0.05) is 5.33 Å². The molecule has 0 aliphatic rings. The highest BCUT2D eigenvalue weighted by Gasteiger charge is 2.36. The number of carbonyl (C=O) groups is 1. The topological polar surface area (TPSA) is 37.3 Å². The molecule has 1 N–H and O–H groups in total. The number of rotatable bonds is 19. The normalized spacial score (nSPS) is 13.7. The fraction of sp³-hybridized carbons (Fsp3) is 0.955. The van der Waals surface area contributed by atoms with Crippen molar-refractivity contribution in [3.05, 3.63) is 0 Å². The number of aliphatic carboxylic acids is 1. The van der Waals surface area contributed by atoms with Crippen molar-refractivity contribution in [3.63, 3.8) is 0 Å².